The first-order valence-corrected chi connectivity index (χ1v) is 10.2. The van der Waals surface area contributed by atoms with Gasteiger partial charge in [0.05, 0.1) is 16.8 Å². The van der Waals surface area contributed by atoms with E-state index in [-0.39, 0.29) is 5.91 Å². The number of carbonyl (C=O) groups is 1. The maximum Gasteiger partial charge on any atom is 0.257 e. The molecule has 2 aromatic heterocycles. The van der Waals surface area contributed by atoms with Gasteiger partial charge >= 0.3 is 0 Å². The maximum absolute atomic E-state index is 13.0. The predicted octanol–water partition coefficient (Wildman–Crippen LogP) is 3.14. The average molecular weight is 387 g/mol. The zero-order valence-electron chi connectivity index (χ0n) is 14.1. The van der Waals surface area contributed by atoms with Crippen LogP contribution in [0.4, 0.5) is 5.13 Å². The molecule has 0 atom stereocenters. The van der Waals surface area contributed by atoms with E-state index in [0.717, 1.165) is 23.9 Å². The van der Waals surface area contributed by atoms with E-state index in [1.165, 1.54) is 11.3 Å². The molecule has 1 aliphatic heterocycles. The van der Waals surface area contributed by atoms with Crippen molar-refractivity contribution in [1.29, 1.82) is 0 Å². The Labute approximate surface area is 159 Å². The molecule has 0 bridgehead atoms. The Morgan fingerprint density at radius 3 is 2.73 bits per heavy atom. The van der Waals surface area contributed by atoms with Crippen LogP contribution in [0.1, 0.15) is 16.1 Å². The maximum atomic E-state index is 13.0. The van der Waals surface area contributed by atoms with Crippen molar-refractivity contribution in [3.63, 3.8) is 0 Å². The number of aromatic nitrogens is 2. The molecule has 134 valence electrons. The molecule has 8 heteroatoms. The number of ether oxygens (including phenoxy) is 1. The summed E-state index contributed by atoms with van der Waals surface area (Å²) in [4.78, 5) is 25.6. The molecule has 0 N–H and O–H groups in total. The third-order valence-corrected chi connectivity index (χ3v) is 5.70. The Kier molecular flexibility index (Phi) is 5.12. The molecule has 0 unspecified atom stereocenters. The summed E-state index contributed by atoms with van der Waals surface area (Å²) in [6, 6.07) is 7.42. The van der Waals surface area contributed by atoms with Gasteiger partial charge in [-0.15, -0.1) is 22.7 Å². The molecule has 0 saturated carbocycles. The second-order valence-corrected chi connectivity index (χ2v) is 7.45. The SMILES string of the molecule is O=C(c1ccccc1OCc1cscn1)N1CCN(c2nccs2)CC1. The zero-order valence-corrected chi connectivity index (χ0v) is 15.7. The lowest BCUT2D eigenvalue weighted by molar-refractivity contribution is 0.0742. The first-order valence-electron chi connectivity index (χ1n) is 8.34. The van der Waals surface area contributed by atoms with Crippen LogP contribution in [-0.4, -0.2) is 47.0 Å². The third-order valence-electron chi connectivity index (χ3n) is 4.23. The summed E-state index contributed by atoms with van der Waals surface area (Å²) in [6.07, 6.45) is 1.81. The quantitative estimate of drug-likeness (QED) is 0.674. The summed E-state index contributed by atoms with van der Waals surface area (Å²) in [6.45, 7) is 3.31. The lowest BCUT2D eigenvalue weighted by Crippen LogP contribution is -2.48. The number of hydrogen-bond acceptors (Lipinski definition) is 7. The largest absolute Gasteiger partial charge is 0.486 e. The van der Waals surface area contributed by atoms with E-state index in [0.29, 0.717) is 31.0 Å². The van der Waals surface area contributed by atoms with Gasteiger partial charge in [0.2, 0.25) is 0 Å². The van der Waals surface area contributed by atoms with Gasteiger partial charge in [-0.2, -0.15) is 0 Å². The summed E-state index contributed by atoms with van der Waals surface area (Å²) in [5, 5.41) is 4.94. The molecule has 1 amide bonds. The number of rotatable bonds is 5. The number of thiazole rings is 2. The Morgan fingerprint density at radius 1 is 1.15 bits per heavy atom. The van der Waals surface area contributed by atoms with Crippen molar-refractivity contribution < 1.29 is 9.53 Å². The molecular formula is C18H18N4O2S2. The Bertz CT molecular complexity index is 844. The highest BCUT2D eigenvalue weighted by molar-refractivity contribution is 7.13. The van der Waals surface area contributed by atoms with Crippen molar-refractivity contribution in [1.82, 2.24) is 14.9 Å². The smallest absolute Gasteiger partial charge is 0.257 e. The molecule has 4 rings (SSSR count). The van der Waals surface area contributed by atoms with Gasteiger partial charge < -0.3 is 14.5 Å². The molecule has 0 aliphatic carbocycles. The van der Waals surface area contributed by atoms with Gasteiger partial charge in [-0.05, 0) is 12.1 Å². The summed E-state index contributed by atoms with van der Waals surface area (Å²) in [7, 11) is 0. The summed E-state index contributed by atoms with van der Waals surface area (Å²) in [5.74, 6) is 0.616. The Morgan fingerprint density at radius 2 is 2.00 bits per heavy atom. The highest BCUT2D eigenvalue weighted by Crippen LogP contribution is 2.23. The van der Waals surface area contributed by atoms with E-state index in [2.05, 4.69) is 14.9 Å². The molecule has 3 heterocycles. The van der Waals surface area contributed by atoms with Crippen molar-refractivity contribution in [2.45, 2.75) is 6.61 Å². The normalized spacial score (nSPS) is 14.5. The molecule has 26 heavy (non-hydrogen) atoms. The number of para-hydroxylation sites is 1. The van der Waals surface area contributed by atoms with Crippen LogP contribution in [0.2, 0.25) is 0 Å². The average Bonchev–Trinajstić information content (AvgIpc) is 3.40. The van der Waals surface area contributed by atoms with Crippen LogP contribution < -0.4 is 9.64 Å². The van der Waals surface area contributed by atoms with Crippen LogP contribution in [0, 0.1) is 0 Å². The Hall–Kier alpha value is -2.45. The zero-order chi connectivity index (χ0) is 17.8. The fraction of sp³-hybridized carbons (Fsp3) is 0.278. The van der Waals surface area contributed by atoms with Gasteiger partial charge in [-0.25, -0.2) is 9.97 Å². The second-order valence-electron chi connectivity index (χ2n) is 5.86. The lowest BCUT2D eigenvalue weighted by atomic mass is 10.1. The number of hydrogen-bond donors (Lipinski definition) is 0. The van der Waals surface area contributed by atoms with Gasteiger partial charge in [0, 0.05) is 43.1 Å². The molecule has 1 saturated heterocycles. The minimum Gasteiger partial charge on any atom is -0.486 e. The van der Waals surface area contributed by atoms with Crippen molar-refractivity contribution >= 4 is 33.7 Å². The fourth-order valence-electron chi connectivity index (χ4n) is 2.87. The van der Waals surface area contributed by atoms with Crippen molar-refractivity contribution in [2.24, 2.45) is 0 Å². The van der Waals surface area contributed by atoms with Crippen LogP contribution >= 0.6 is 22.7 Å². The first-order chi connectivity index (χ1) is 12.8. The van der Waals surface area contributed by atoms with Crippen molar-refractivity contribution in [3.05, 3.63) is 58.0 Å². The van der Waals surface area contributed by atoms with E-state index < -0.39 is 0 Å². The number of anilines is 1. The standard InChI is InChI=1S/C18H18N4O2S2/c23-17(21-6-8-22(9-7-21)18-19-5-10-26-18)15-3-1-2-4-16(15)24-11-14-12-25-13-20-14/h1-5,10,12-13H,6-9,11H2. The Balaban J connectivity index is 1.42. The number of piperazine rings is 1. The molecule has 1 aliphatic rings. The lowest BCUT2D eigenvalue weighted by Gasteiger charge is -2.34. The monoisotopic (exact) mass is 386 g/mol. The molecule has 3 aromatic rings. The van der Waals surface area contributed by atoms with Crippen LogP contribution in [0.5, 0.6) is 5.75 Å². The molecule has 0 spiro atoms. The summed E-state index contributed by atoms with van der Waals surface area (Å²) in [5.41, 5.74) is 3.25. The minimum atomic E-state index is 0.0117. The van der Waals surface area contributed by atoms with Gasteiger partial charge in [-0.3, -0.25) is 4.79 Å². The van der Waals surface area contributed by atoms with E-state index in [1.54, 1.807) is 16.8 Å². The molecule has 1 aromatic carbocycles. The van der Waals surface area contributed by atoms with Crippen LogP contribution in [0.25, 0.3) is 0 Å². The third kappa shape index (κ3) is 3.71. The molecule has 0 radical (unpaired) electrons. The molecule has 1 fully saturated rings. The second kappa shape index (κ2) is 7.84. The van der Waals surface area contributed by atoms with Gasteiger partial charge in [0.1, 0.15) is 12.4 Å². The van der Waals surface area contributed by atoms with Crippen molar-refractivity contribution in [3.8, 4) is 5.75 Å². The number of amides is 1. The number of carbonyl (C=O) groups excluding carboxylic acids is 1. The van der Waals surface area contributed by atoms with Gasteiger partial charge in [0.25, 0.3) is 5.91 Å². The highest BCUT2D eigenvalue weighted by Gasteiger charge is 2.25. The van der Waals surface area contributed by atoms with Crippen molar-refractivity contribution in [2.75, 3.05) is 31.1 Å². The predicted molar refractivity (Wildman–Crippen MR) is 103 cm³/mol. The van der Waals surface area contributed by atoms with E-state index in [1.807, 2.05) is 46.1 Å². The number of benzene rings is 1. The minimum absolute atomic E-state index is 0.0117. The van der Waals surface area contributed by atoms with E-state index in [4.69, 9.17) is 4.74 Å². The van der Waals surface area contributed by atoms with Gasteiger partial charge in [0.15, 0.2) is 5.13 Å². The summed E-state index contributed by atoms with van der Waals surface area (Å²) >= 11 is 3.16. The summed E-state index contributed by atoms with van der Waals surface area (Å²) < 4.78 is 5.85. The van der Waals surface area contributed by atoms with E-state index in [9.17, 15) is 4.79 Å². The topological polar surface area (TPSA) is 58.6 Å². The van der Waals surface area contributed by atoms with Crippen LogP contribution in [0.15, 0.2) is 46.7 Å². The molecule has 6 nitrogen and oxygen atoms in total. The number of nitrogens with zero attached hydrogens (tertiary/aromatic N) is 4. The van der Waals surface area contributed by atoms with Gasteiger partial charge in [-0.1, -0.05) is 12.1 Å². The fourth-order valence-corrected chi connectivity index (χ4v) is 4.11. The highest BCUT2D eigenvalue weighted by atomic mass is 32.1. The van der Waals surface area contributed by atoms with E-state index >= 15 is 0 Å². The molecular weight excluding hydrogens is 368 g/mol. The van der Waals surface area contributed by atoms with Crippen LogP contribution in [-0.2, 0) is 6.61 Å². The van der Waals surface area contributed by atoms with Crippen LogP contribution in [0.3, 0.4) is 0 Å². The first kappa shape index (κ1) is 17.0.